The minimum absolute atomic E-state index is 0.130. The van der Waals surface area contributed by atoms with E-state index in [4.69, 9.17) is 16.2 Å². The van der Waals surface area contributed by atoms with Crippen molar-refractivity contribution in [3.05, 3.63) is 29.3 Å². The number of rotatable bonds is 4. The molecule has 1 aromatic rings. The number of carbonyl (C=O) groups is 1. The molecule has 0 fully saturated rings. The van der Waals surface area contributed by atoms with Gasteiger partial charge in [0.25, 0.3) is 0 Å². The third kappa shape index (κ3) is 2.97. The fraction of sp³-hybridized carbons (Fsp3) is 0.462. The number of carbonyl (C=O) groups excluding carboxylic acids is 1. The van der Waals surface area contributed by atoms with E-state index < -0.39 is 0 Å². The van der Waals surface area contributed by atoms with E-state index in [0.717, 1.165) is 30.8 Å². The number of aryl methyl sites for hydroxylation is 1. The lowest BCUT2D eigenvalue weighted by molar-refractivity contribution is -0.118. The van der Waals surface area contributed by atoms with Gasteiger partial charge in [-0.05, 0) is 36.5 Å². The highest BCUT2D eigenvalue weighted by Gasteiger charge is 2.13. The summed E-state index contributed by atoms with van der Waals surface area (Å²) in [6.07, 6.45) is 3.00. The van der Waals surface area contributed by atoms with Gasteiger partial charge >= 0.3 is 0 Å². The lowest BCUT2D eigenvalue weighted by Crippen LogP contribution is -2.17. The van der Waals surface area contributed by atoms with Crippen molar-refractivity contribution in [3.8, 4) is 5.75 Å². The van der Waals surface area contributed by atoms with Crippen molar-refractivity contribution in [1.82, 2.24) is 0 Å². The molecule has 1 atom stereocenters. The van der Waals surface area contributed by atoms with Gasteiger partial charge in [0.1, 0.15) is 5.75 Å². The zero-order valence-corrected chi connectivity index (χ0v) is 9.82. The number of benzene rings is 1. The van der Waals surface area contributed by atoms with Crippen LogP contribution in [0.5, 0.6) is 5.75 Å². The molecule has 0 saturated heterocycles. The molecule has 17 heavy (non-hydrogen) atoms. The van der Waals surface area contributed by atoms with Crippen molar-refractivity contribution < 1.29 is 9.53 Å². The SMILES string of the molecule is NC(=O)CCC(N)c1ccc2c(c1)CCCO2. The van der Waals surface area contributed by atoms with Crippen LogP contribution in [0.25, 0.3) is 0 Å². The van der Waals surface area contributed by atoms with E-state index in [0.29, 0.717) is 12.8 Å². The lowest BCUT2D eigenvalue weighted by atomic mass is 9.97. The van der Waals surface area contributed by atoms with Gasteiger partial charge in [0.05, 0.1) is 6.61 Å². The Morgan fingerprint density at radius 3 is 3.06 bits per heavy atom. The molecular weight excluding hydrogens is 216 g/mol. The molecule has 1 heterocycles. The van der Waals surface area contributed by atoms with E-state index in [1.807, 2.05) is 12.1 Å². The van der Waals surface area contributed by atoms with Crippen LogP contribution in [0.3, 0.4) is 0 Å². The molecule has 1 aliphatic rings. The summed E-state index contributed by atoms with van der Waals surface area (Å²) < 4.78 is 5.54. The standard InChI is InChI=1S/C13H18N2O2/c14-11(4-6-13(15)16)9-3-5-12-10(8-9)2-1-7-17-12/h3,5,8,11H,1-2,4,6-7,14H2,(H2,15,16). The maximum atomic E-state index is 10.7. The molecule has 0 spiro atoms. The van der Waals surface area contributed by atoms with E-state index in [9.17, 15) is 4.79 Å². The van der Waals surface area contributed by atoms with Crippen LogP contribution in [0.15, 0.2) is 18.2 Å². The summed E-state index contributed by atoms with van der Waals surface area (Å²) in [6.45, 7) is 0.792. The van der Waals surface area contributed by atoms with Crippen LogP contribution in [-0.4, -0.2) is 12.5 Å². The molecule has 0 saturated carbocycles. The van der Waals surface area contributed by atoms with Crippen LogP contribution in [0, 0.1) is 0 Å². The van der Waals surface area contributed by atoms with Crippen molar-refractivity contribution in [2.75, 3.05) is 6.61 Å². The molecule has 2 rings (SSSR count). The van der Waals surface area contributed by atoms with Crippen molar-refractivity contribution >= 4 is 5.91 Å². The number of fused-ring (bicyclic) bond motifs is 1. The van der Waals surface area contributed by atoms with Crippen LogP contribution in [-0.2, 0) is 11.2 Å². The Kier molecular flexibility index (Phi) is 3.64. The second kappa shape index (κ2) is 5.19. The highest BCUT2D eigenvalue weighted by Crippen LogP contribution is 2.28. The van der Waals surface area contributed by atoms with E-state index in [2.05, 4.69) is 6.07 Å². The summed E-state index contributed by atoms with van der Waals surface area (Å²) in [6, 6.07) is 5.89. The molecule has 92 valence electrons. The minimum atomic E-state index is -0.304. The quantitative estimate of drug-likeness (QED) is 0.823. The first-order valence-electron chi connectivity index (χ1n) is 5.96. The topological polar surface area (TPSA) is 78.3 Å². The van der Waals surface area contributed by atoms with Gasteiger partial charge in [-0.1, -0.05) is 12.1 Å². The maximum absolute atomic E-state index is 10.7. The van der Waals surface area contributed by atoms with Crippen LogP contribution >= 0.6 is 0 Å². The second-order valence-corrected chi connectivity index (χ2v) is 4.43. The second-order valence-electron chi connectivity index (χ2n) is 4.43. The molecule has 4 heteroatoms. The summed E-state index contributed by atoms with van der Waals surface area (Å²) >= 11 is 0. The van der Waals surface area contributed by atoms with Crippen LogP contribution < -0.4 is 16.2 Å². The molecule has 0 aliphatic carbocycles. The van der Waals surface area contributed by atoms with E-state index in [-0.39, 0.29) is 11.9 Å². The summed E-state index contributed by atoms with van der Waals surface area (Å²) in [5, 5.41) is 0. The number of hydrogen-bond donors (Lipinski definition) is 2. The predicted molar refractivity (Wildman–Crippen MR) is 65.6 cm³/mol. The maximum Gasteiger partial charge on any atom is 0.217 e. The van der Waals surface area contributed by atoms with E-state index in [1.165, 1.54) is 5.56 Å². The van der Waals surface area contributed by atoms with Crippen LogP contribution in [0.1, 0.15) is 36.4 Å². The van der Waals surface area contributed by atoms with Crippen molar-refractivity contribution in [3.63, 3.8) is 0 Å². The molecule has 1 aliphatic heterocycles. The van der Waals surface area contributed by atoms with Crippen molar-refractivity contribution in [2.45, 2.75) is 31.7 Å². The third-order valence-electron chi connectivity index (χ3n) is 3.06. The summed E-state index contributed by atoms with van der Waals surface area (Å²) in [5.74, 6) is 0.656. The molecule has 0 radical (unpaired) electrons. The predicted octanol–water partition coefficient (Wildman–Crippen LogP) is 1.28. The highest BCUT2D eigenvalue weighted by atomic mass is 16.5. The summed E-state index contributed by atoms with van der Waals surface area (Å²) in [5.41, 5.74) is 13.4. The van der Waals surface area contributed by atoms with E-state index >= 15 is 0 Å². The van der Waals surface area contributed by atoms with E-state index in [1.54, 1.807) is 0 Å². The normalized spacial score (nSPS) is 15.8. The van der Waals surface area contributed by atoms with Crippen molar-refractivity contribution in [2.24, 2.45) is 11.5 Å². The largest absolute Gasteiger partial charge is 0.493 e. The molecular formula is C13H18N2O2. The van der Waals surface area contributed by atoms with Crippen LogP contribution in [0.4, 0.5) is 0 Å². The average molecular weight is 234 g/mol. The van der Waals surface area contributed by atoms with Gasteiger partial charge in [-0.15, -0.1) is 0 Å². The fourth-order valence-electron chi connectivity index (χ4n) is 2.08. The average Bonchev–Trinajstić information content (AvgIpc) is 2.35. The smallest absolute Gasteiger partial charge is 0.217 e. The molecule has 4 N–H and O–H groups in total. The van der Waals surface area contributed by atoms with Gasteiger partial charge < -0.3 is 16.2 Å². The lowest BCUT2D eigenvalue weighted by Gasteiger charge is -2.19. The Morgan fingerprint density at radius 1 is 1.47 bits per heavy atom. The molecule has 1 aromatic carbocycles. The Balaban J connectivity index is 2.08. The monoisotopic (exact) mass is 234 g/mol. The first-order valence-corrected chi connectivity index (χ1v) is 5.96. The number of primary amides is 1. The van der Waals surface area contributed by atoms with Gasteiger partial charge in [0.15, 0.2) is 0 Å². The Bertz CT molecular complexity index is 418. The van der Waals surface area contributed by atoms with Gasteiger partial charge in [0, 0.05) is 12.5 Å². The Hall–Kier alpha value is -1.55. The zero-order chi connectivity index (χ0) is 12.3. The molecule has 1 unspecified atom stereocenters. The van der Waals surface area contributed by atoms with Gasteiger partial charge in [-0.3, -0.25) is 4.79 Å². The zero-order valence-electron chi connectivity index (χ0n) is 9.82. The Morgan fingerprint density at radius 2 is 2.29 bits per heavy atom. The number of amides is 1. The highest BCUT2D eigenvalue weighted by molar-refractivity contribution is 5.73. The Labute approximate surface area is 101 Å². The first kappa shape index (κ1) is 11.9. The first-order chi connectivity index (χ1) is 8.16. The van der Waals surface area contributed by atoms with Crippen molar-refractivity contribution in [1.29, 1.82) is 0 Å². The number of nitrogens with two attached hydrogens (primary N) is 2. The molecule has 1 amide bonds. The van der Waals surface area contributed by atoms with Gasteiger partial charge in [-0.25, -0.2) is 0 Å². The molecule has 4 nitrogen and oxygen atoms in total. The fourth-order valence-corrected chi connectivity index (χ4v) is 2.08. The third-order valence-corrected chi connectivity index (χ3v) is 3.06. The number of ether oxygens (including phenoxy) is 1. The minimum Gasteiger partial charge on any atom is -0.493 e. The van der Waals surface area contributed by atoms with Gasteiger partial charge in [-0.2, -0.15) is 0 Å². The van der Waals surface area contributed by atoms with Gasteiger partial charge in [0.2, 0.25) is 5.91 Å². The summed E-state index contributed by atoms with van der Waals surface area (Å²) in [7, 11) is 0. The molecule has 0 aromatic heterocycles. The number of hydrogen-bond acceptors (Lipinski definition) is 3. The molecule has 0 bridgehead atoms. The van der Waals surface area contributed by atoms with Crippen LogP contribution in [0.2, 0.25) is 0 Å². The summed E-state index contributed by atoms with van der Waals surface area (Å²) in [4.78, 5) is 10.7.